The van der Waals surface area contributed by atoms with Crippen molar-refractivity contribution in [2.45, 2.75) is 83.3 Å². The lowest BCUT2D eigenvalue weighted by molar-refractivity contribution is -0.206. The zero-order valence-electron chi connectivity index (χ0n) is 17.1. The number of oxime groups is 1. The van der Waals surface area contributed by atoms with Crippen LogP contribution in [0, 0.1) is 34.5 Å². The first-order chi connectivity index (χ1) is 12.8. The number of rotatable bonds is 4. The van der Waals surface area contributed by atoms with Gasteiger partial charge in [-0.25, -0.2) is 0 Å². The Labute approximate surface area is 163 Å². The minimum Gasteiger partial charge on any atom is -0.395 e. The maximum atomic E-state index is 12.0. The fourth-order valence-corrected chi connectivity index (χ4v) is 7.70. The Kier molecular flexibility index (Phi) is 5.09. The molecule has 8 atom stereocenters. The zero-order valence-corrected chi connectivity index (χ0v) is 17.1. The minimum absolute atomic E-state index is 0.110. The van der Waals surface area contributed by atoms with E-state index in [-0.39, 0.29) is 22.9 Å². The van der Waals surface area contributed by atoms with Gasteiger partial charge in [0.15, 0.2) is 0 Å². The van der Waals surface area contributed by atoms with Gasteiger partial charge in [0.1, 0.15) is 6.61 Å². The van der Waals surface area contributed by atoms with Crippen LogP contribution in [0.15, 0.2) is 5.16 Å². The van der Waals surface area contributed by atoms with E-state index < -0.39 is 5.60 Å². The van der Waals surface area contributed by atoms with Crippen molar-refractivity contribution in [3.8, 4) is 0 Å². The first-order valence-electron chi connectivity index (χ1n) is 11.1. The van der Waals surface area contributed by atoms with Crippen LogP contribution >= 0.6 is 0 Å². The average Bonchev–Trinajstić information content (AvgIpc) is 2.91. The molecule has 0 radical (unpaired) electrons. The molecule has 0 amide bonds. The first-order valence-corrected chi connectivity index (χ1v) is 11.1. The lowest BCUT2D eigenvalue weighted by Gasteiger charge is -2.63. The maximum Gasteiger partial charge on any atom is 0.129 e. The number of hydrogen-bond donors (Lipinski definition) is 3. The number of aliphatic hydroxyl groups is 2. The smallest absolute Gasteiger partial charge is 0.129 e. The molecule has 0 saturated heterocycles. The van der Waals surface area contributed by atoms with Crippen LogP contribution in [0.25, 0.3) is 0 Å². The molecule has 0 bridgehead atoms. The van der Waals surface area contributed by atoms with Crippen molar-refractivity contribution < 1.29 is 15.1 Å². The molecular formula is C22H38N2O3. The third kappa shape index (κ3) is 2.87. The Balaban J connectivity index is 1.56. The van der Waals surface area contributed by atoms with Gasteiger partial charge in [-0.1, -0.05) is 19.0 Å². The third-order valence-electron chi connectivity index (χ3n) is 9.42. The van der Waals surface area contributed by atoms with Crippen molar-refractivity contribution >= 4 is 6.21 Å². The Morgan fingerprint density at radius 2 is 1.89 bits per heavy atom. The summed E-state index contributed by atoms with van der Waals surface area (Å²) in [5, 5.41) is 26.4. The Morgan fingerprint density at radius 3 is 2.67 bits per heavy atom. The van der Waals surface area contributed by atoms with Gasteiger partial charge in [-0.05, 0) is 81.0 Å². The molecule has 0 aliphatic heterocycles. The van der Waals surface area contributed by atoms with E-state index in [0.717, 1.165) is 51.4 Å². The second-order valence-electron chi connectivity index (χ2n) is 10.3. The highest BCUT2D eigenvalue weighted by atomic mass is 16.6. The summed E-state index contributed by atoms with van der Waals surface area (Å²) >= 11 is 0. The highest BCUT2D eigenvalue weighted by molar-refractivity contribution is 5.63. The first kappa shape index (κ1) is 19.7. The third-order valence-corrected chi connectivity index (χ3v) is 9.42. The number of fused-ring (bicyclic) bond motifs is 5. The molecule has 27 heavy (non-hydrogen) atoms. The quantitative estimate of drug-likeness (QED) is 0.398. The summed E-state index contributed by atoms with van der Waals surface area (Å²) in [5.41, 5.74) is 5.05. The number of nitrogens with two attached hydrogens (primary N) is 1. The molecule has 4 aliphatic rings. The minimum atomic E-state index is -0.593. The van der Waals surface area contributed by atoms with Gasteiger partial charge < -0.3 is 20.8 Å². The molecule has 0 aromatic heterocycles. The van der Waals surface area contributed by atoms with E-state index in [0.29, 0.717) is 30.9 Å². The van der Waals surface area contributed by atoms with Crippen molar-refractivity contribution in [1.82, 2.24) is 0 Å². The lowest BCUT2D eigenvalue weighted by atomic mass is 9.43. The SMILES string of the molecule is C[C@]12CCC(O)CC1CC[C@@H]1[C@H]2CC[C@]2(C)C(/C=N/OCCN)CC[C@@]12O. The molecule has 4 N–H and O–H groups in total. The summed E-state index contributed by atoms with van der Waals surface area (Å²) in [6, 6.07) is 0. The molecule has 4 saturated carbocycles. The Hall–Kier alpha value is -0.650. The van der Waals surface area contributed by atoms with Crippen LogP contribution in [-0.4, -0.2) is 41.3 Å². The Bertz CT molecular complexity index is 584. The highest BCUT2D eigenvalue weighted by Crippen LogP contribution is 2.68. The van der Waals surface area contributed by atoms with Gasteiger partial charge in [0.05, 0.1) is 11.7 Å². The highest BCUT2D eigenvalue weighted by Gasteiger charge is 2.66. The molecule has 4 fully saturated rings. The van der Waals surface area contributed by atoms with E-state index in [4.69, 9.17) is 10.6 Å². The second kappa shape index (κ2) is 7.00. The summed E-state index contributed by atoms with van der Waals surface area (Å²) in [6.07, 6.45) is 11.2. The molecule has 0 aromatic rings. The summed E-state index contributed by atoms with van der Waals surface area (Å²) in [7, 11) is 0. The van der Waals surface area contributed by atoms with Gasteiger partial charge in [-0.3, -0.25) is 0 Å². The van der Waals surface area contributed by atoms with Crippen LogP contribution in [0.4, 0.5) is 0 Å². The molecule has 0 heterocycles. The molecule has 3 unspecified atom stereocenters. The topological polar surface area (TPSA) is 88.1 Å². The van der Waals surface area contributed by atoms with E-state index in [1.165, 1.54) is 6.42 Å². The van der Waals surface area contributed by atoms with E-state index in [1.807, 2.05) is 6.21 Å². The molecule has 5 heteroatoms. The van der Waals surface area contributed by atoms with Crippen molar-refractivity contribution in [1.29, 1.82) is 0 Å². The molecule has 4 rings (SSSR count). The predicted molar refractivity (Wildman–Crippen MR) is 106 cm³/mol. The van der Waals surface area contributed by atoms with Gasteiger partial charge in [-0.15, -0.1) is 0 Å². The van der Waals surface area contributed by atoms with Gasteiger partial charge in [0, 0.05) is 24.1 Å². The number of hydrogen-bond acceptors (Lipinski definition) is 5. The molecule has 154 valence electrons. The van der Waals surface area contributed by atoms with Gasteiger partial charge >= 0.3 is 0 Å². The van der Waals surface area contributed by atoms with E-state index in [1.54, 1.807) is 0 Å². The van der Waals surface area contributed by atoms with Crippen LogP contribution in [-0.2, 0) is 4.84 Å². The molecular weight excluding hydrogens is 340 g/mol. The molecule has 5 nitrogen and oxygen atoms in total. The molecule has 4 aliphatic carbocycles. The van der Waals surface area contributed by atoms with E-state index in [2.05, 4.69) is 19.0 Å². The van der Waals surface area contributed by atoms with Crippen LogP contribution in [0.5, 0.6) is 0 Å². The summed E-state index contributed by atoms with van der Waals surface area (Å²) in [6.45, 7) is 5.66. The summed E-state index contributed by atoms with van der Waals surface area (Å²) < 4.78 is 0. The van der Waals surface area contributed by atoms with Crippen LogP contribution < -0.4 is 5.73 Å². The lowest BCUT2D eigenvalue weighted by Crippen LogP contribution is -2.62. The van der Waals surface area contributed by atoms with Crippen molar-refractivity contribution in [3.05, 3.63) is 0 Å². The Morgan fingerprint density at radius 1 is 1.07 bits per heavy atom. The number of aliphatic hydroxyl groups excluding tert-OH is 1. The van der Waals surface area contributed by atoms with Crippen LogP contribution in [0.2, 0.25) is 0 Å². The number of nitrogens with zero attached hydrogens (tertiary/aromatic N) is 1. The predicted octanol–water partition coefficient (Wildman–Crippen LogP) is 3.08. The van der Waals surface area contributed by atoms with Crippen LogP contribution in [0.1, 0.15) is 71.6 Å². The van der Waals surface area contributed by atoms with Crippen molar-refractivity contribution in [2.24, 2.45) is 45.4 Å². The van der Waals surface area contributed by atoms with Crippen LogP contribution in [0.3, 0.4) is 0 Å². The second-order valence-corrected chi connectivity index (χ2v) is 10.3. The van der Waals surface area contributed by atoms with E-state index in [9.17, 15) is 10.2 Å². The maximum absolute atomic E-state index is 12.0. The summed E-state index contributed by atoms with van der Waals surface area (Å²) in [5.74, 6) is 1.88. The van der Waals surface area contributed by atoms with Gasteiger partial charge in [-0.2, -0.15) is 0 Å². The fraction of sp³-hybridized carbons (Fsp3) is 0.955. The molecule has 0 aromatic carbocycles. The normalized spacial score (nSPS) is 52.3. The van der Waals surface area contributed by atoms with Crippen molar-refractivity contribution in [3.63, 3.8) is 0 Å². The van der Waals surface area contributed by atoms with E-state index >= 15 is 0 Å². The summed E-state index contributed by atoms with van der Waals surface area (Å²) in [4.78, 5) is 5.24. The van der Waals surface area contributed by atoms with Crippen molar-refractivity contribution in [2.75, 3.05) is 13.2 Å². The fourth-order valence-electron chi connectivity index (χ4n) is 7.70. The largest absolute Gasteiger partial charge is 0.395 e. The average molecular weight is 379 g/mol. The standard InChI is InChI=1S/C22H38N2O3/c1-20-8-6-17(25)13-15(20)3-4-19-18(20)7-9-21(2)16(5-10-22(19,21)26)14-24-27-12-11-23/h14-19,25-26H,3-13,23H2,1-2H3/b24-14+/t15?,16?,17?,18-,19-,20+,21-,22-/m1/s1. The van der Waals surface area contributed by atoms with Gasteiger partial charge in [0.25, 0.3) is 0 Å². The van der Waals surface area contributed by atoms with Gasteiger partial charge in [0.2, 0.25) is 0 Å². The molecule has 0 spiro atoms. The monoisotopic (exact) mass is 378 g/mol. The zero-order chi connectivity index (χ0) is 19.3.